The second kappa shape index (κ2) is 7.57. The molecule has 0 bridgehead atoms. The number of rotatable bonds is 5. The molecule has 0 atom stereocenters. The maximum atomic E-state index is 13.8. The molecule has 5 heteroatoms. The van der Waals surface area contributed by atoms with Crippen molar-refractivity contribution in [2.75, 3.05) is 7.11 Å². The predicted molar refractivity (Wildman–Crippen MR) is 109 cm³/mol. The topological polar surface area (TPSA) is 27.1 Å². The SMILES string of the molecule is CC[As]c1ccc2c(c1)ncn2-c1cccc(-c2cc(F)ccc2OC)c1. The summed E-state index contributed by atoms with van der Waals surface area (Å²) in [5.74, 6) is 0.368. The summed E-state index contributed by atoms with van der Waals surface area (Å²) in [6, 6.07) is 19.1. The molecule has 4 rings (SSSR count). The molecule has 0 aliphatic carbocycles. The molecule has 27 heavy (non-hydrogen) atoms. The van der Waals surface area contributed by atoms with Gasteiger partial charge in [-0.1, -0.05) is 0 Å². The van der Waals surface area contributed by atoms with E-state index >= 15 is 0 Å². The summed E-state index contributed by atoms with van der Waals surface area (Å²) in [6.45, 7) is 2.22. The number of halogens is 1. The Morgan fingerprint density at radius 2 is 1.96 bits per heavy atom. The maximum absolute atomic E-state index is 13.8. The number of nitrogens with zero attached hydrogens (tertiary/aromatic N) is 2. The van der Waals surface area contributed by atoms with E-state index in [0.29, 0.717) is 5.75 Å². The molecular formula is C22H19AsFN2O. The summed E-state index contributed by atoms with van der Waals surface area (Å²) in [6.07, 6.45) is 1.85. The van der Waals surface area contributed by atoms with Crippen LogP contribution < -0.4 is 9.09 Å². The van der Waals surface area contributed by atoms with E-state index in [1.54, 1.807) is 13.2 Å². The summed E-state index contributed by atoms with van der Waals surface area (Å²) < 4.78 is 22.7. The Kier molecular flexibility index (Phi) is 5.00. The van der Waals surface area contributed by atoms with Crippen LogP contribution in [0.3, 0.4) is 0 Å². The van der Waals surface area contributed by atoms with E-state index < -0.39 is 0 Å². The number of hydrogen-bond donors (Lipinski definition) is 0. The number of ether oxygens (including phenoxy) is 1. The van der Waals surface area contributed by atoms with Gasteiger partial charge in [-0.15, -0.1) is 0 Å². The van der Waals surface area contributed by atoms with Gasteiger partial charge in [0.15, 0.2) is 0 Å². The fraction of sp³-hybridized carbons (Fsp3) is 0.136. The van der Waals surface area contributed by atoms with E-state index in [-0.39, 0.29) is 21.6 Å². The second-order valence-corrected chi connectivity index (χ2v) is 9.23. The molecule has 0 spiro atoms. The third-order valence-electron chi connectivity index (χ3n) is 4.47. The minimum atomic E-state index is -0.282. The van der Waals surface area contributed by atoms with E-state index in [0.717, 1.165) is 27.8 Å². The van der Waals surface area contributed by atoms with Gasteiger partial charge in [0.25, 0.3) is 0 Å². The van der Waals surface area contributed by atoms with Crippen molar-refractivity contribution in [1.29, 1.82) is 0 Å². The first-order valence-corrected chi connectivity index (χ1v) is 11.0. The molecule has 0 saturated heterocycles. The first kappa shape index (κ1) is 17.8. The third kappa shape index (κ3) is 3.50. The summed E-state index contributed by atoms with van der Waals surface area (Å²) in [5.41, 5.74) is 4.69. The van der Waals surface area contributed by atoms with Crippen molar-refractivity contribution in [3.8, 4) is 22.6 Å². The number of fused-ring (bicyclic) bond motifs is 1. The molecule has 135 valence electrons. The van der Waals surface area contributed by atoms with Gasteiger partial charge in [0, 0.05) is 0 Å². The zero-order chi connectivity index (χ0) is 18.8. The Hall–Kier alpha value is -2.58. The van der Waals surface area contributed by atoms with Crippen molar-refractivity contribution in [3.63, 3.8) is 0 Å². The molecule has 4 aromatic rings. The Balaban J connectivity index is 1.80. The molecule has 3 nitrogen and oxygen atoms in total. The number of hydrogen-bond acceptors (Lipinski definition) is 2. The predicted octanol–water partition coefficient (Wildman–Crippen LogP) is 4.61. The summed E-state index contributed by atoms with van der Waals surface area (Å²) in [4.78, 5) is 4.58. The molecule has 0 amide bonds. The van der Waals surface area contributed by atoms with Crippen LogP contribution in [0.4, 0.5) is 4.39 Å². The Morgan fingerprint density at radius 3 is 2.78 bits per heavy atom. The number of aromatic nitrogens is 2. The molecule has 0 unspecified atom stereocenters. The van der Waals surface area contributed by atoms with E-state index in [4.69, 9.17) is 4.74 Å². The third-order valence-corrected chi connectivity index (χ3v) is 6.48. The molecule has 0 aliphatic rings. The Labute approximate surface area is 164 Å². The van der Waals surface area contributed by atoms with Crippen LogP contribution in [0.5, 0.6) is 5.75 Å². The van der Waals surface area contributed by atoms with Crippen molar-refractivity contribution < 1.29 is 9.13 Å². The van der Waals surface area contributed by atoms with Crippen LogP contribution in [0.15, 0.2) is 67.0 Å². The first-order chi connectivity index (χ1) is 13.2. The number of methoxy groups -OCH3 is 1. The van der Waals surface area contributed by atoms with Crippen molar-refractivity contribution >= 4 is 31.1 Å². The van der Waals surface area contributed by atoms with Crippen LogP contribution in [0.25, 0.3) is 27.8 Å². The van der Waals surface area contributed by atoms with Crippen molar-refractivity contribution in [2.45, 2.75) is 12.1 Å². The Bertz CT molecular complexity index is 1110. The van der Waals surface area contributed by atoms with E-state index in [2.05, 4.69) is 34.7 Å². The fourth-order valence-electron chi connectivity index (χ4n) is 3.22. The van der Waals surface area contributed by atoms with E-state index in [9.17, 15) is 4.39 Å². The van der Waals surface area contributed by atoms with Crippen LogP contribution in [-0.2, 0) is 0 Å². The standard InChI is InChI=1S/C22H19AsFN2O/c1-3-23-16-7-9-21-20(12-16)25-14-26(21)18-6-4-5-15(11-18)19-13-17(24)8-10-22(19)27-2/h4-14H,3H2,1-2H3. The summed E-state index contributed by atoms with van der Waals surface area (Å²) in [7, 11) is 1.60. The van der Waals surface area contributed by atoms with Gasteiger partial charge in [0.05, 0.1) is 0 Å². The molecular weight excluding hydrogens is 402 g/mol. The first-order valence-electron chi connectivity index (χ1n) is 8.78. The van der Waals surface area contributed by atoms with Crippen molar-refractivity contribution in [1.82, 2.24) is 9.55 Å². The van der Waals surface area contributed by atoms with Gasteiger partial charge >= 0.3 is 164 Å². The quantitative estimate of drug-likeness (QED) is 0.440. The normalized spacial score (nSPS) is 11.5. The summed E-state index contributed by atoms with van der Waals surface area (Å²) >= 11 is 0.211. The zero-order valence-electron chi connectivity index (χ0n) is 15.2. The van der Waals surface area contributed by atoms with Crippen LogP contribution in [0.2, 0.25) is 5.21 Å². The van der Waals surface area contributed by atoms with Gasteiger partial charge in [0.2, 0.25) is 0 Å². The zero-order valence-corrected chi connectivity index (χ0v) is 17.1. The molecule has 0 saturated carbocycles. The molecule has 1 heterocycles. The van der Waals surface area contributed by atoms with E-state index in [1.165, 1.54) is 21.7 Å². The molecule has 0 aliphatic heterocycles. The average Bonchev–Trinajstić information content (AvgIpc) is 3.11. The van der Waals surface area contributed by atoms with Gasteiger partial charge < -0.3 is 0 Å². The minimum absolute atomic E-state index is 0.211. The second-order valence-electron chi connectivity index (χ2n) is 6.16. The van der Waals surface area contributed by atoms with Gasteiger partial charge in [-0.2, -0.15) is 0 Å². The van der Waals surface area contributed by atoms with Gasteiger partial charge in [0.1, 0.15) is 0 Å². The molecule has 1 aromatic heterocycles. The van der Waals surface area contributed by atoms with Gasteiger partial charge in [-0.3, -0.25) is 0 Å². The van der Waals surface area contributed by atoms with Crippen molar-refractivity contribution in [2.24, 2.45) is 0 Å². The summed E-state index contributed by atoms with van der Waals surface area (Å²) in [5, 5.41) is 1.21. The van der Waals surface area contributed by atoms with Gasteiger partial charge in [-0.05, 0) is 0 Å². The van der Waals surface area contributed by atoms with Crippen LogP contribution in [-0.4, -0.2) is 32.4 Å². The average molecular weight is 421 g/mol. The monoisotopic (exact) mass is 421 g/mol. The molecule has 1 radical (unpaired) electrons. The number of benzene rings is 3. The van der Waals surface area contributed by atoms with Crippen molar-refractivity contribution in [3.05, 3.63) is 72.8 Å². The fourth-order valence-corrected chi connectivity index (χ4v) is 4.81. The van der Waals surface area contributed by atoms with Crippen LogP contribution in [0.1, 0.15) is 6.92 Å². The number of imidazole rings is 1. The molecule has 0 N–H and O–H groups in total. The van der Waals surface area contributed by atoms with E-state index in [1.807, 2.05) is 30.6 Å². The molecule has 0 fully saturated rings. The van der Waals surface area contributed by atoms with Crippen LogP contribution in [0, 0.1) is 5.82 Å². The molecule has 3 aromatic carbocycles. The van der Waals surface area contributed by atoms with Crippen LogP contribution >= 0.6 is 0 Å². The Morgan fingerprint density at radius 1 is 1.07 bits per heavy atom. The van der Waals surface area contributed by atoms with Gasteiger partial charge in [-0.25, -0.2) is 0 Å².